The van der Waals surface area contributed by atoms with Crippen molar-refractivity contribution in [2.75, 3.05) is 0 Å². The smallest absolute Gasteiger partial charge is 0.198 e. The van der Waals surface area contributed by atoms with E-state index >= 15 is 0 Å². The van der Waals surface area contributed by atoms with Crippen LogP contribution in [0.1, 0.15) is 49.9 Å². The van der Waals surface area contributed by atoms with Crippen LogP contribution in [0.3, 0.4) is 0 Å². The Morgan fingerprint density at radius 3 is 1.25 bits per heavy atom. The molecule has 0 radical (unpaired) electrons. The van der Waals surface area contributed by atoms with E-state index in [9.17, 15) is 0 Å². The average molecular weight is 821 g/mol. The number of nitrogens with zero attached hydrogens (tertiary/aromatic N) is 6. The topological polar surface area (TPSA) is 61.4 Å². The first kappa shape index (κ1) is 35.6. The van der Waals surface area contributed by atoms with E-state index < -0.39 is 0 Å². The third-order valence-corrected chi connectivity index (χ3v) is 14.6. The molecule has 64 heavy (non-hydrogen) atoms. The molecule has 2 aliphatic carbocycles. The fraction of sp³-hybridized carbons (Fsp3) is 0.103. The van der Waals surface area contributed by atoms with E-state index in [4.69, 9.17) is 19.9 Å². The summed E-state index contributed by atoms with van der Waals surface area (Å²) in [5, 5.41) is 6.98. The molecular formula is C58H40N6. The molecule has 4 heterocycles. The summed E-state index contributed by atoms with van der Waals surface area (Å²) in [6.45, 7) is 9.39. The molecule has 12 aromatic rings. The van der Waals surface area contributed by atoms with Gasteiger partial charge in [-0.15, -0.1) is 0 Å². The standard InChI is InChI=1S/C58H40N6/c1-57(2)41-23-11-9-21-37(41)39-27-29-45-49(51(39)57)53-47(63(45)43-25-13-17-33-15-5-7-19-35(33)43)31-59-55(61-53)56-60-32-48-54(62-56)50-46(64(48)44-26-14-18-34-16-6-8-20-36(34)44)30-28-40-38-22-10-12-24-42(38)58(3,4)52(40)50/h5-32H,1-4H3. The fourth-order valence-electron chi connectivity index (χ4n) is 11.8. The summed E-state index contributed by atoms with van der Waals surface area (Å²) in [5.41, 5.74) is 17.8. The first-order valence-electron chi connectivity index (χ1n) is 22.1. The third-order valence-electron chi connectivity index (χ3n) is 14.6. The van der Waals surface area contributed by atoms with Gasteiger partial charge in [-0.3, -0.25) is 0 Å². The lowest BCUT2D eigenvalue weighted by Crippen LogP contribution is -2.15. The minimum Gasteiger partial charge on any atom is -0.306 e. The Balaban J connectivity index is 1.07. The monoisotopic (exact) mass is 820 g/mol. The van der Waals surface area contributed by atoms with E-state index in [1.165, 1.54) is 66.1 Å². The van der Waals surface area contributed by atoms with Gasteiger partial charge < -0.3 is 9.13 Å². The van der Waals surface area contributed by atoms with Crippen molar-refractivity contribution >= 4 is 65.4 Å². The van der Waals surface area contributed by atoms with Gasteiger partial charge in [0.2, 0.25) is 0 Å². The molecule has 2 aliphatic rings. The van der Waals surface area contributed by atoms with Gasteiger partial charge >= 0.3 is 0 Å². The highest BCUT2D eigenvalue weighted by Gasteiger charge is 2.40. The maximum atomic E-state index is 5.57. The highest BCUT2D eigenvalue weighted by atomic mass is 15.1. The molecule has 0 spiro atoms. The van der Waals surface area contributed by atoms with E-state index in [2.05, 4.69) is 195 Å². The Morgan fingerprint density at radius 1 is 0.375 bits per heavy atom. The summed E-state index contributed by atoms with van der Waals surface area (Å²) in [6.07, 6.45) is 3.98. The molecule has 0 fully saturated rings. The Kier molecular flexibility index (Phi) is 6.88. The van der Waals surface area contributed by atoms with Crippen molar-refractivity contribution in [3.05, 3.63) is 192 Å². The lowest BCUT2D eigenvalue weighted by Gasteiger charge is -2.22. The van der Waals surface area contributed by atoms with Crippen molar-refractivity contribution < 1.29 is 0 Å². The van der Waals surface area contributed by atoms with Crippen molar-refractivity contribution in [3.8, 4) is 45.3 Å². The predicted molar refractivity (Wildman–Crippen MR) is 262 cm³/mol. The molecule has 0 bridgehead atoms. The molecule has 0 N–H and O–H groups in total. The van der Waals surface area contributed by atoms with Crippen LogP contribution in [0.2, 0.25) is 0 Å². The predicted octanol–water partition coefficient (Wildman–Crippen LogP) is 14.0. The fourth-order valence-corrected chi connectivity index (χ4v) is 11.8. The van der Waals surface area contributed by atoms with Gasteiger partial charge in [0, 0.05) is 32.4 Å². The van der Waals surface area contributed by atoms with Crippen LogP contribution in [-0.4, -0.2) is 29.1 Å². The second-order valence-corrected chi connectivity index (χ2v) is 18.6. The first-order valence-corrected chi connectivity index (χ1v) is 22.1. The molecule has 6 nitrogen and oxygen atoms in total. The second-order valence-electron chi connectivity index (χ2n) is 18.6. The van der Waals surface area contributed by atoms with Gasteiger partial charge in [0.05, 0.1) is 45.8 Å². The molecule has 0 aliphatic heterocycles. The number of hydrogen-bond acceptors (Lipinski definition) is 4. The molecule has 0 amide bonds. The van der Waals surface area contributed by atoms with Crippen LogP contribution in [0.15, 0.2) is 170 Å². The lowest BCUT2D eigenvalue weighted by atomic mass is 9.81. The largest absolute Gasteiger partial charge is 0.306 e. The summed E-state index contributed by atoms with van der Waals surface area (Å²) in [7, 11) is 0. The van der Waals surface area contributed by atoms with Gasteiger partial charge in [0.25, 0.3) is 0 Å². The van der Waals surface area contributed by atoms with Crippen LogP contribution in [-0.2, 0) is 10.8 Å². The Morgan fingerprint density at radius 2 is 0.781 bits per heavy atom. The summed E-state index contributed by atoms with van der Waals surface area (Å²) >= 11 is 0. The minimum atomic E-state index is -0.266. The first-order chi connectivity index (χ1) is 31.3. The van der Waals surface area contributed by atoms with Crippen LogP contribution < -0.4 is 0 Å². The molecule has 0 unspecified atom stereocenters. The molecule has 14 rings (SSSR count). The summed E-state index contributed by atoms with van der Waals surface area (Å²) < 4.78 is 4.72. The van der Waals surface area contributed by atoms with Crippen LogP contribution in [0.25, 0.3) is 111 Å². The zero-order chi connectivity index (χ0) is 42.6. The SMILES string of the molecule is CC1(C)c2ccccc2-c2ccc3c(c21)c1nc(-c2ncc4c(n2)c2c5c(ccc2n4-c2cccc4ccccc24)-c2ccccc2C5(C)C)ncc1n3-c1cccc2ccccc12. The van der Waals surface area contributed by atoms with Crippen LogP contribution >= 0.6 is 0 Å². The molecule has 0 atom stereocenters. The highest BCUT2D eigenvalue weighted by Crippen LogP contribution is 2.55. The molecule has 0 saturated heterocycles. The van der Waals surface area contributed by atoms with Gasteiger partial charge in [-0.2, -0.15) is 0 Å². The van der Waals surface area contributed by atoms with Crippen LogP contribution in [0, 0.1) is 0 Å². The van der Waals surface area contributed by atoms with Crippen molar-refractivity contribution in [1.82, 2.24) is 29.1 Å². The molecular weight excluding hydrogens is 781 g/mol. The average Bonchev–Trinajstić information content (AvgIpc) is 3.99. The molecule has 302 valence electrons. The maximum absolute atomic E-state index is 5.57. The summed E-state index contributed by atoms with van der Waals surface area (Å²) in [5.74, 6) is 0.997. The zero-order valence-corrected chi connectivity index (χ0v) is 35.8. The minimum absolute atomic E-state index is 0.266. The lowest BCUT2D eigenvalue weighted by molar-refractivity contribution is 0.666. The number of aromatic nitrogens is 6. The van der Waals surface area contributed by atoms with Crippen molar-refractivity contribution in [1.29, 1.82) is 0 Å². The van der Waals surface area contributed by atoms with Crippen LogP contribution in [0.4, 0.5) is 0 Å². The molecule has 6 heteroatoms. The Bertz CT molecular complexity index is 3760. The molecule has 8 aromatic carbocycles. The summed E-state index contributed by atoms with van der Waals surface area (Å²) in [6, 6.07) is 57.1. The van der Waals surface area contributed by atoms with E-state index in [1.807, 2.05) is 12.4 Å². The van der Waals surface area contributed by atoms with Crippen molar-refractivity contribution in [2.45, 2.75) is 38.5 Å². The van der Waals surface area contributed by atoms with E-state index in [0.29, 0.717) is 11.6 Å². The Hall–Kier alpha value is -7.96. The van der Waals surface area contributed by atoms with Crippen LogP contribution in [0.5, 0.6) is 0 Å². The molecule has 4 aromatic heterocycles. The van der Waals surface area contributed by atoms with Crippen molar-refractivity contribution in [3.63, 3.8) is 0 Å². The number of rotatable bonds is 3. The number of hydrogen-bond donors (Lipinski definition) is 0. The second kappa shape index (κ2) is 12.4. The molecule has 0 saturated carbocycles. The van der Waals surface area contributed by atoms with Gasteiger partial charge in [-0.25, -0.2) is 19.9 Å². The van der Waals surface area contributed by atoms with E-state index in [-0.39, 0.29) is 10.8 Å². The van der Waals surface area contributed by atoms with Gasteiger partial charge in [-0.1, -0.05) is 161 Å². The van der Waals surface area contributed by atoms with E-state index in [1.54, 1.807) is 0 Å². The summed E-state index contributed by atoms with van der Waals surface area (Å²) in [4.78, 5) is 21.5. The van der Waals surface area contributed by atoms with E-state index in [0.717, 1.165) is 55.2 Å². The number of benzene rings is 8. The Labute approximate surface area is 369 Å². The number of fused-ring (bicyclic) bond motifs is 16. The quantitative estimate of drug-likeness (QED) is 0.178. The van der Waals surface area contributed by atoms with Gasteiger partial charge in [0.1, 0.15) is 11.0 Å². The highest BCUT2D eigenvalue weighted by molar-refractivity contribution is 6.15. The zero-order valence-electron chi connectivity index (χ0n) is 35.8. The van der Waals surface area contributed by atoms with Gasteiger partial charge in [-0.05, 0) is 79.5 Å². The van der Waals surface area contributed by atoms with Gasteiger partial charge in [0.15, 0.2) is 11.6 Å². The third kappa shape index (κ3) is 4.49. The maximum Gasteiger partial charge on any atom is 0.198 e. The van der Waals surface area contributed by atoms with Crippen molar-refractivity contribution in [2.24, 2.45) is 0 Å². The normalized spacial score (nSPS) is 14.5.